The molecule has 0 saturated heterocycles. The number of hydrogen-bond donors (Lipinski definition) is 5. The topological polar surface area (TPSA) is 82.3 Å². The van der Waals surface area contributed by atoms with Crippen LogP contribution in [0, 0.1) is 46.3 Å². The summed E-state index contributed by atoms with van der Waals surface area (Å²) in [6.45, 7) is 14.4. The van der Waals surface area contributed by atoms with Crippen molar-refractivity contribution in [2.45, 2.75) is 110 Å². The van der Waals surface area contributed by atoms with Gasteiger partial charge in [-0.1, -0.05) is 20.8 Å². The number of nitrogens with two attached hydrogens (primary N) is 1. The zero-order valence-electron chi connectivity index (χ0n) is 24.7. The van der Waals surface area contributed by atoms with Gasteiger partial charge in [0.2, 0.25) is 0 Å². The molecule has 4 aliphatic carbocycles. The first-order valence-corrected chi connectivity index (χ1v) is 16.4. The monoisotopic (exact) mass is 518 g/mol. The van der Waals surface area contributed by atoms with E-state index in [-0.39, 0.29) is 0 Å². The number of aliphatic hydroxyl groups excluding tert-OH is 1. The predicted molar refractivity (Wildman–Crippen MR) is 157 cm³/mol. The van der Waals surface area contributed by atoms with Crippen molar-refractivity contribution >= 4 is 0 Å². The van der Waals surface area contributed by atoms with Crippen molar-refractivity contribution in [1.29, 1.82) is 0 Å². The fourth-order valence-corrected chi connectivity index (χ4v) is 10.0. The van der Waals surface area contributed by atoms with Crippen LogP contribution in [0.3, 0.4) is 0 Å². The Bertz CT molecular complexity index is 675. The van der Waals surface area contributed by atoms with Crippen LogP contribution in [-0.2, 0) is 0 Å². The summed E-state index contributed by atoms with van der Waals surface area (Å²) in [5.41, 5.74) is 6.59. The molecule has 0 aromatic heterocycles. The van der Waals surface area contributed by atoms with Crippen LogP contribution in [0.15, 0.2) is 0 Å². The number of rotatable bonds is 15. The normalized spacial score (nSPS) is 40.1. The number of fused-ring (bicyclic) bond motifs is 5. The zero-order chi connectivity index (χ0) is 26.3. The van der Waals surface area contributed by atoms with Gasteiger partial charge in [-0.25, -0.2) is 0 Å². The van der Waals surface area contributed by atoms with Crippen LogP contribution in [0.1, 0.15) is 104 Å². The molecule has 37 heavy (non-hydrogen) atoms. The van der Waals surface area contributed by atoms with Gasteiger partial charge < -0.3 is 26.8 Å². The minimum absolute atomic E-state index is 0.374. The van der Waals surface area contributed by atoms with Gasteiger partial charge in [-0.2, -0.15) is 0 Å². The van der Waals surface area contributed by atoms with E-state index in [4.69, 9.17) is 5.73 Å². The largest absolute Gasteiger partial charge is 0.396 e. The molecule has 6 N–H and O–H groups in total. The van der Waals surface area contributed by atoms with Crippen LogP contribution in [-0.4, -0.2) is 57.0 Å². The van der Waals surface area contributed by atoms with Crippen LogP contribution >= 0.6 is 0 Å². The van der Waals surface area contributed by atoms with E-state index in [0.717, 1.165) is 74.8 Å². The number of nitrogens with one attached hydrogen (secondary N) is 3. The van der Waals surface area contributed by atoms with Crippen LogP contribution in [0.25, 0.3) is 0 Å². The maximum absolute atomic E-state index is 9.90. The van der Waals surface area contributed by atoms with Gasteiger partial charge >= 0.3 is 0 Å². The third-order valence-corrected chi connectivity index (χ3v) is 12.2. The molecule has 9 atom stereocenters. The molecule has 0 bridgehead atoms. The molecule has 0 radical (unpaired) electrons. The van der Waals surface area contributed by atoms with Crippen LogP contribution in [0.5, 0.6) is 0 Å². The van der Waals surface area contributed by atoms with Crippen molar-refractivity contribution in [1.82, 2.24) is 16.0 Å². The van der Waals surface area contributed by atoms with Gasteiger partial charge in [0.1, 0.15) is 0 Å². The number of hydrogen-bond acceptors (Lipinski definition) is 5. The molecule has 4 fully saturated rings. The molecule has 0 unspecified atom stereocenters. The number of aliphatic hydroxyl groups is 1. The Morgan fingerprint density at radius 3 is 2.19 bits per heavy atom. The third-order valence-electron chi connectivity index (χ3n) is 12.2. The average molecular weight is 519 g/mol. The highest BCUT2D eigenvalue weighted by Crippen LogP contribution is 2.68. The summed E-state index contributed by atoms with van der Waals surface area (Å²) >= 11 is 0. The van der Waals surface area contributed by atoms with Crippen molar-refractivity contribution in [2.24, 2.45) is 52.1 Å². The average Bonchev–Trinajstić information content (AvgIpc) is 3.26. The van der Waals surface area contributed by atoms with Gasteiger partial charge in [-0.3, -0.25) is 0 Å². The van der Waals surface area contributed by atoms with Crippen molar-refractivity contribution in [3.63, 3.8) is 0 Å². The highest BCUT2D eigenvalue weighted by Gasteiger charge is 2.60. The zero-order valence-corrected chi connectivity index (χ0v) is 24.7. The Balaban J connectivity index is 1.14. The Morgan fingerprint density at radius 1 is 0.784 bits per heavy atom. The third kappa shape index (κ3) is 6.76. The lowest BCUT2D eigenvalue weighted by Gasteiger charge is -2.61. The Labute approximate surface area is 229 Å². The molecule has 0 aromatic rings. The molecule has 0 spiro atoms. The van der Waals surface area contributed by atoms with E-state index in [9.17, 15) is 5.11 Å². The fourth-order valence-electron chi connectivity index (χ4n) is 10.0. The van der Waals surface area contributed by atoms with E-state index in [2.05, 4.69) is 36.7 Å². The molecule has 0 aromatic carbocycles. The Morgan fingerprint density at radius 2 is 1.46 bits per heavy atom. The molecule has 4 rings (SSSR count). The van der Waals surface area contributed by atoms with Crippen LogP contribution < -0.4 is 21.7 Å². The molecule has 0 aliphatic heterocycles. The van der Waals surface area contributed by atoms with E-state index in [1.807, 2.05) is 0 Å². The van der Waals surface area contributed by atoms with Gasteiger partial charge in [0, 0.05) is 12.6 Å². The minimum atomic E-state index is 0.374. The van der Waals surface area contributed by atoms with E-state index in [0.29, 0.717) is 23.4 Å². The highest BCUT2D eigenvalue weighted by atomic mass is 16.3. The second-order valence-electron chi connectivity index (χ2n) is 14.2. The molecular formula is C32H62N4O. The lowest BCUT2D eigenvalue weighted by Crippen LogP contribution is -2.55. The lowest BCUT2D eigenvalue weighted by molar-refractivity contribution is -0.118. The smallest absolute Gasteiger partial charge is 0.0459 e. The van der Waals surface area contributed by atoms with E-state index in [1.165, 1.54) is 83.6 Å². The second kappa shape index (κ2) is 13.9. The second-order valence-corrected chi connectivity index (χ2v) is 14.2. The first-order chi connectivity index (χ1) is 17.9. The maximum atomic E-state index is 9.90. The van der Waals surface area contributed by atoms with Crippen LogP contribution in [0.4, 0.5) is 0 Å². The van der Waals surface area contributed by atoms with Crippen molar-refractivity contribution < 1.29 is 5.11 Å². The highest BCUT2D eigenvalue weighted by molar-refractivity contribution is 5.10. The van der Waals surface area contributed by atoms with E-state index in [1.54, 1.807) is 0 Å². The van der Waals surface area contributed by atoms with Crippen molar-refractivity contribution in [3.8, 4) is 0 Å². The summed E-state index contributed by atoms with van der Waals surface area (Å²) in [7, 11) is 0. The lowest BCUT2D eigenvalue weighted by atomic mass is 9.44. The fraction of sp³-hybridized carbons (Fsp3) is 1.00. The van der Waals surface area contributed by atoms with E-state index >= 15 is 0 Å². The molecule has 5 heteroatoms. The summed E-state index contributed by atoms with van der Waals surface area (Å²) in [5, 5.41) is 21.0. The molecule has 216 valence electrons. The molecule has 0 amide bonds. The molecular weight excluding hydrogens is 456 g/mol. The van der Waals surface area contributed by atoms with E-state index < -0.39 is 0 Å². The van der Waals surface area contributed by atoms with Gasteiger partial charge in [-0.05, 0) is 169 Å². The Hall–Kier alpha value is -0.200. The van der Waals surface area contributed by atoms with Gasteiger partial charge in [0.15, 0.2) is 0 Å². The molecule has 4 aliphatic rings. The predicted octanol–water partition coefficient (Wildman–Crippen LogP) is 4.93. The quantitative estimate of drug-likeness (QED) is 0.199. The Kier molecular flexibility index (Phi) is 11.2. The molecule has 0 heterocycles. The first-order valence-electron chi connectivity index (χ1n) is 16.4. The van der Waals surface area contributed by atoms with Crippen molar-refractivity contribution in [2.75, 3.05) is 45.9 Å². The minimum Gasteiger partial charge on any atom is -0.396 e. The van der Waals surface area contributed by atoms with Gasteiger partial charge in [0.05, 0.1) is 0 Å². The van der Waals surface area contributed by atoms with Crippen molar-refractivity contribution in [3.05, 3.63) is 0 Å². The number of unbranched alkanes of at least 4 members (excludes halogenated alkanes) is 1. The standard InChI is InChI=1S/C32H62N4O/c1-24(23-37)28-10-11-29-27-9-8-25-22-26(12-14-31(25,2)30(27)13-15-32(28,29)3)36-21-7-20-35-18-5-4-17-34-19-6-16-33/h24-30,34-37H,4-23,33H2,1-3H3/t24-,25-,26+,27+,28-,29+,30+,31+,32-/m1/s1. The summed E-state index contributed by atoms with van der Waals surface area (Å²) in [6.07, 6.45) is 17.7. The summed E-state index contributed by atoms with van der Waals surface area (Å²) in [5.74, 6) is 4.96. The van der Waals surface area contributed by atoms with Gasteiger partial charge in [0.25, 0.3) is 0 Å². The van der Waals surface area contributed by atoms with Crippen LogP contribution in [0.2, 0.25) is 0 Å². The summed E-state index contributed by atoms with van der Waals surface area (Å²) in [4.78, 5) is 0. The first kappa shape index (κ1) is 29.8. The summed E-state index contributed by atoms with van der Waals surface area (Å²) < 4.78 is 0. The SMILES string of the molecule is C[C@H](CO)[C@H]1CC[C@H]2[C@@H]3CC[C@@H]4C[C@@H](NCCCNCCCCNCCCN)CC[C@]4(C)[C@H]3CC[C@]12C. The summed E-state index contributed by atoms with van der Waals surface area (Å²) in [6, 6.07) is 0.740. The molecule has 4 saturated carbocycles. The molecule has 5 nitrogen and oxygen atoms in total. The maximum Gasteiger partial charge on any atom is 0.0459 e. The van der Waals surface area contributed by atoms with Gasteiger partial charge in [-0.15, -0.1) is 0 Å².